The first-order valence-corrected chi connectivity index (χ1v) is 10.2. The van der Waals surface area contributed by atoms with Crippen molar-refractivity contribution in [1.82, 2.24) is 5.32 Å². The number of rotatable bonds is 7. The van der Waals surface area contributed by atoms with E-state index in [2.05, 4.69) is 5.32 Å². The van der Waals surface area contributed by atoms with Gasteiger partial charge in [-0.3, -0.25) is 14.9 Å². The van der Waals surface area contributed by atoms with Gasteiger partial charge in [-0.1, -0.05) is 17.7 Å². The third-order valence-corrected chi connectivity index (χ3v) is 5.40. The highest BCUT2D eigenvalue weighted by Gasteiger charge is 2.34. The molecule has 0 bridgehead atoms. The summed E-state index contributed by atoms with van der Waals surface area (Å²) in [6.45, 7) is 3.32. The summed E-state index contributed by atoms with van der Waals surface area (Å²) in [5.41, 5.74) is -0.391. The van der Waals surface area contributed by atoms with Crippen LogP contribution in [0.5, 0.6) is 5.75 Å². The molecule has 2 aromatic rings. The highest BCUT2D eigenvalue weighted by Crippen LogP contribution is 2.37. The summed E-state index contributed by atoms with van der Waals surface area (Å²) in [4.78, 5) is 24.6. The lowest BCUT2D eigenvalue weighted by Gasteiger charge is -2.32. The number of hydrogen-bond acceptors (Lipinski definition) is 5. The molecule has 1 N–H and O–H groups in total. The number of piperidine rings is 1. The van der Waals surface area contributed by atoms with E-state index in [-0.39, 0.29) is 17.5 Å². The number of nitrogens with zero attached hydrogens (tertiary/aromatic N) is 2. The molecule has 2 aromatic carbocycles. The standard InChI is InChI=1S/C22H24F3N3O4/c1-15-2-5-18(6-3-15)32-13-10-26-21(29)16-8-11-27(12-9-16)19-7-4-17(22(23,24)25)14-20(19)28(30)31/h2-7,14,16H,8-13H2,1H3,(H,26,29). The van der Waals surface area contributed by atoms with Gasteiger partial charge in [0.1, 0.15) is 18.0 Å². The lowest BCUT2D eigenvalue weighted by molar-refractivity contribution is -0.384. The van der Waals surface area contributed by atoms with Crippen LogP contribution in [0.4, 0.5) is 24.5 Å². The fourth-order valence-corrected chi connectivity index (χ4v) is 3.62. The van der Waals surface area contributed by atoms with Gasteiger partial charge in [0.2, 0.25) is 5.91 Å². The summed E-state index contributed by atoms with van der Waals surface area (Å²) < 4.78 is 44.3. The average molecular weight is 451 g/mol. The van der Waals surface area contributed by atoms with Gasteiger partial charge in [0.05, 0.1) is 17.0 Å². The number of amides is 1. The number of halogens is 3. The van der Waals surface area contributed by atoms with Crippen molar-refractivity contribution in [3.05, 3.63) is 63.7 Å². The lowest BCUT2D eigenvalue weighted by atomic mass is 9.95. The van der Waals surface area contributed by atoms with E-state index in [4.69, 9.17) is 4.74 Å². The Hall–Kier alpha value is -3.30. The van der Waals surface area contributed by atoms with Crippen molar-refractivity contribution in [2.75, 3.05) is 31.1 Å². The molecule has 0 radical (unpaired) electrons. The first-order valence-electron chi connectivity index (χ1n) is 10.2. The predicted molar refractivity (Wildman–Crippen MR) is 113 cm³/mol. The lowest BCUT2D eigenvalue weighted by Crippen LogP contribution is -2.41. The van der Waals surface area contributed by atoms with Crippen LogP contribution in [0, 0.1) is 23.0 Å². The Balaban J connectivity index is 1.50. The molecule has 0 saturated carbocycles. The second kappa shape index (κ2) is 9.88. The fraction of sp³-hybridized carbons (Fsp3) is 0.409. The summed E-state index contributed by atoms with van der Waals surface area (Å²) in [7, 11) is 0. The van der Waals surface area contributed by atoms with Crippen molar-refractivity contribution in [1.29, 1.82) is 0 Å². The van der Waals surface area contributed by atoms with E-state index in [1.807, 2.05) is 31.2 Å². The molecule has 1 fully saturated rings. The Morgan fingerprint density at radius 3 is 2.44 bits per heavy atom. The van der Waals surface area contributed by atoms with Crippen LogP contribution < -0.4 is 15.0 Å². The summed E-state index contributed by atoms with van der Waals surface area (Å²) in [5.74, 6) is 0.328. The fourth-order valence-electron chi connectivity index (χ4n) is 3.62. The average Bonchev–Trinajstić information content (AvgIpc) is 2.77. The van der Waals surface area contributed by atoms with Crippen molar-refractivity contribution < 1.29 is 27.6 Å². The van der Waals surface area contributed by atoms with Crippen molar-refractivity contribution in [2.24, 2.45) is 5.92 Å². The molecule has 0 atom stereocenters. The maximum Gasteiger partial charge on any atom is 0.416 e. The molecular weight excluding hydrogens is 427 g/mol. The van der Waals surface area contributed by atoms with Crippen LogP contribution >= 0.6 is 0 Å². The molecule has 1 aliphatic rings. The Morgan fingerprint density at radius 1 is 1.19 bits per heavy atom. The van der Waals surface area contributed by atoms with Crippen molar-refractivity contribution >= 4 is 17.3 Å². The molecule has 3 rings (SSSR count). The Bertz CT molecular complexity index is 956. The smallest absolute Gasteiger partial charge is 0.416 e. The summed E-state index contributed by atoms with van der Waals surface area (Å²) in [6.07, 6.45) is -3.76. The number of anilines is 1. The number of aryl methyl sites for hydroxylation is 1. The maximum atomic E-state index is 12.9. The zero-order chi connectivity index (χ0) is 23.3. The Kier molecular flexibility index (Phi) is 7.22. The Labute approximate surface area is 183 Å². The monoisotopic (exact) mass is 451 g/mol. The van der Waals surface area contributed by atoms with Crippen LogP contribution in [0.15, 0.2) is 42.5 Å². The Morgan fingerprint density at radius 2 is 1.84 bits per heavy atom. The third kappa shape index (κ3) is 5.89. The minimum atomic E-state index is -4.66. The second-order valence-corrected chi connectivity index (χ2v) is 7.67. The number of carbonyl (C=O) groups is 1. The minimum Gasteiger partial charge on any atom is -0.492 e. The first-order chi connectivity index (χ1) is 15.1. The van der Waals surface area contributed by atoms with Crippen LogP contribution in [0.1, 0.15) is 24.0 Å². The van der Waals surface area contributed by atoms with Crippen LogP contribution in [0.2, 0.25) is 0 Å². The van der Waals surface area contributed by atoms with Gasteiger partial charge in [0.15, 0.2) is 0 Å². The predicted octanol–water partition coefficient (Wildman–Crippen LogP) is 4.33. The van der Waals surface area contributed by atoms with Gasteiger partial charge < -0.3 is 15.0 Å². The molecule has 172 valence electrons. The molecule has 10 heteroatoms. The molecule has 0 unspecified atom stereocenters. The van der Waals surface area contributed by atoms with Gasteiger partial charge in [0.25, 0.3) is 5.69 Å². The molecule has 1 amide bonds. The number of hydrogen-bond donors (Lipinski definition) is 1. The molecule has 0 spiro atoms. The summed E-state index contributed by atoms with van der Waals surface area (Å²) >= 11 is 0. The molecule has 7 nitrogen and oxygen atoms in total. The largest absolute Gasteiger partial charge is 0.492 e. The number of nitrogens with one attached hydrogen (secondary N) is 1. The van der Waals surface area contributed by atoms with Crippen LogP contribution in [0.3, 0.4) is 0 Å². The van der Waals surface area contributed by atoms with Gasteiger partial charge in [-0.15, -0.1) is 0 Å². The van der Waals surface area contributed by atoms with E-state index >= 15 is 0 Å². The van der Waals surface area contributed by atoms with E-state index in [0.29, 0.717) is 45.1 Å². The molecular formula is C22H24F3N3O4. The summed E-state index contributed by atoms with van der Waals surface area (Å²) in [5, 5.41) is 14.1. The molecule has 1 aliphatic heterocycles. The normalized spacial score (nSPS) is 14.8. The number of carbonyl (C=O) groups excluding carboxylic acids is 1. The second-order valence-electron chi connectivity index (χ2n) is 7.67. The van der Waals surface area contributed by atoms with Gasteiger partial charge in [-0.05, 0) is 44.0 Å². The van der Waals surface area contributed by atoms with Gasteiger partial charge >= 0.3 is 6.18 Å². The minimum absolute atomic E-state index is 0.126. The van der Waals surface area contributed by atoms with E-state index in [1.165, 1.54) is 0 Å². The number of nitro benzene ring substituents is 1. The molecule has 1 heterocycles. The van der Waals surface area contributed by atoms with E-state index < -0.39 is 22.4 Å². The van der Waals surface area contributed by atoms with Crippen LogP contribution in [0.25, 0.3) is 0 Å². The zero-order valence-electron chi connectivity index (χ0n) is 17.5. The molecule has 1 saturated heterocycles. The van der Waals surface area contributed by atoms with E-state index in [0.717, 1.165) is 23.4 Å². The highest BCUT2D eigenvalue weighted by molar-refractivity contribution is 5.79. The molecule has 0 aliphatic carbocycles. The maximum absolute atomic E-state index is 12.9. The number of nitro groups is 1. The van der Waals surface area contributed by atoms with Crippen LogP contribution in [-0.2, 0) is 11.0 Å². The molecule has 0 aromatic heterocycles. The quantitative estimate of drug-likeness (QED) is 0.385. The topological polar surface area (TPSA) is 84.7 Å². The van der Waals surface area contributed by atoms with E-state index in [9.17, 15) is 28.1 Å². The highest BCUT2D eigenvalue weighted by atomic mass is 19.4. The number of ether oxygens (including phenoxy) is 1. The van der Waals surface area contributed by atoms with E-state index in [1.54, 1.807) is 4.90 Å². The SMILES string of the molecule is Cc1ccc(OCCNC(=O)C2CCN(c3ccc(C(F)(F)F)cc3[N+](=O)[O-])CC2)cc1. The van der Waals surface area contributed by atoms with Gasteiger partial charge in [-0.25, -0.2) is 0 Å². The van der Waals surface area contributed by atoms with Crippen LogP contribution in [-0.4, -0.2) is 37.1 Å². The van der Waals surface area contributed by atoms with Gasteiger partial charge in [-0.2, -0.15) is 13.2 Å². The number of alkyl halides is 3. The van der Waals surface area contributed by atoms with Crippen molar-refractivity contribution in [3.63, 3.8) is 0 Å². The third-order valence-electron chi connectivity index (χ3n) is 5.40. The van der Waals surface area contributed by atoms with Crippen molar-refractivity contribution in [2.45, 2.75) is 25.9 Å². The zero-order valence-corrected chi connectivity index (χ0v) is 17.5. The summed E-state index contributed by atoms with van der Waals surface area (Å²) in [6, 6.07) is 10.1. The van der Waals surface area contributed by atoms with Crippen molar-refractivity contribution in [3.8, 4) is 5.75 Å². The molecule has 32 heavy (non-hydrogen) atoms. The number of benzene rings is 2. The first kappa shape index (κ1) is 23.4. The van der Waals surface area contributed by atoms with Gasteiger partial charge in [0, 0.05) is 25.1 Å².